The van der Waals surface area contributed by atoms with E-state index in [1.165, 1.54) is 20.3 Å². The number of benzene rings is 2. The molecule has 41 heavy (non-hydrogen) atoms. The van der Waals surface area contributed by atoms with Crippen LogP contribution in [-0.4, -0.2) is 41.3 Å². The SMILES string of the molecule is CCOC(=O)C1=C(C)C=C2O/C(=C\c3ccc(-c4cccc(S(=O)O)c4)o3)C(=O)C2C1c1ccc(OC)c(OC)c1. The van der Waals surface area contributed by atoms with Gasteiger partial charge in [-0.2, -0.15) is 0 Å². The van der Waals surface area contributed by atoms with Crippen molar-refractivity contribution in [2.45, 2.75) is 24.7 Å². The topological polar surface area (TPSA) is 122 Å². The summed E-state index contributed by atoms with van der Waals surface area (Å²) in [4.78, 5) is 27.3. The monoisotopic (exact) mass is 576 g/mol. The maximum atomic E-state index is 13.9. The van der Waals surface area contributed by atoms with Crippen LogP contribution in [0.4, 0.5) is 0 Å². The van der Waals surface area contributed by atoms with Gasteiger partial charge in [0, 0.05) is 23.1 Å². The van der Waals surface area contributed by atoms with Crippen LogP contribution in [0.5, 0.6) is 11.5 Å². The number of hydrogen-bond donors (Lipinski definition) is 1. The molecular formula is C31H28O9S. The highest BCUT2D eigenvalue weighted by molar-refractivity contribution is 7.79. The van der Waals surface area contributed by atoms with Crippen LogP contribution < -0.4 is 9.47 Å². The average Bonchev–Trinajstić information content (AvgIpc) is 3.56. The first kappa shape index (κ1) is 28.1. The van der Waals surface area contributed by atoms with Crippen LogP contribution in [-0.2, 0) is 30.1 Å². The van der Waals surface area contributed by atoms with Crippen molar-refractivity contribution in [3.8, 4) is 22.8 Å². The van der Waals surface area contributed by atoms with Gasteiger partial charge < -0.3 is 27.9 Å². The molecule has 0 amide bonds. The molecule has 9 nitrogen and oxygen atoms in total. The number of Topliss-reactive ketones (excluding diaryl/α,β-unsaturated/α-hetero) is 1. The Morgan fingerprint density at radius 2 is 1.83 bits per heavy atom. The van der Waals surface area contributed by atoms with E-state index in [9.17, 15) is 18.4 Å². The second-order valence-corrected chi connectivity index (χ2v) is 10.4. The van der Waals surface area contributed by atoms with E-state index in [4.69, 9.17) is 23.4 Å². The van der Waals surface area contributed by atoms with Crippen molar-refractivity contribution in [3.63, 3.8) is 0 Å². The number of methoxy groups -OCH3 is 2. The van der Waals surface area contributed by atoms with E-state index in [0.717, 1.165) is 0 Å². The van der Waals surface area contributed by atoms with Gasteiger partial charge in [-0.15, -0.1) is 0 Å². The standard InChI is InChI=1S/C31H28O9S/c1-5-38-31(33)27-17(2)13-25-29(28(27)19-9-11-23(36-3)24(15-19)37-4)30(32)26(40-25)16-20-10-12-22(39-20)18-7-6-8-21(14-18)41(34)35/h6-16,28-29H,5H2,1-4H3,(H,34,35)/b26-16-. The highest BCUT2D eigenvalue weighted by atomic mass is 32.2. The van der Waals surface area contributed by atoms with Gasteiger partial charge in [-0.25, -0.2) is 9.00 Å². The molecule has 2 aliphatic rings. The van der Waals surface area contributed by atoms with Crippen molar-refractivity contribution in [3.05, 3.63) is 94.7 Å². The van der Waals surface area contributed by atoms with Crippen LogP contribution in [0.2, 0.25) is 0 Å². The number of furan rings is 1. The lowest BCUT2D eigenvalue weighted by Crippen LogP contribution is -2.29. The van der Waals surface area contributed by atoms with E-state index in [1.54, 1.807) is 74.5 Å². The Morgan fingerprint density at radius 3 is 2.54 bits per heavy atom. The number of allylic oxidation sites excluding steroid dienone is 4. The number of hydrogen-bond acceptors (Lipinski definition) is 8. The molecular weight excluding hydrogens is 548 g/mol. The van der Waals surface area contributed by atoms with Crippen molar-refractivity contribution in [1.82, 2.24) is 0 Å². The number of ether oxygens (including phenoxy) is 4. The molecule has 10 heteroatoms. The average molecular weight is 577 g/mol. The number of carbonyl (C=O) groups is 2. The van der Waals surface area contributed by atoms with Gasteiger partial charge >= 0.3 is 5.97 Å². The number of ketones is 1. The van der Waals surface area contributed by atoms with Gasteiger partial charge in [0.05, 0.1) is 31.6 Å². The second-order valence-electron chi connectivity index (χ2n) is 9.39. The van der Waals surface area contributed by atoms with Crippen molar-refractivity contribution < 1.29 is 41.7 Å². The van der Waals surface area contributed by atoms with Crippen molar-refractivity contribution in [2.75, 3.05) is 20.8 Å². The zero-order valence-corrected chi connectivity index (χ0v) is 23.7. The van der Waals surface area contributed by atoms with Gasteiger partial charge in [0.1, 0.15) is 17.3 Å². The first-order valence-electron chi connectivity index (χ1n) is 12.8. The molecule has 1 aliphatic heterocycles. The lowest BCUT2D eigenvalue weighted by Gasteiger charge is -2.29. The van der Waals surface area contributed by atoms with E-state index < -0.39 is 28.9 Å². The fourth-order valence-electron chi connectivity index (χ4n) is 5.14. The van der Waals surface area contributed by atoms with Crippen molar-refractivity contribution in [2.24, 2.45) is 5.92 Å². The second kappa shape index (κ2) is 11.6. The molecule has 1 aromatic heterocycles. The summed E-state index contributed by atoms with van der Waals surface area (Å²) in [6, 6.07) is 15.2. The molecule has 0 saturated carbocycles. The predicted molar refractivity (Wildman–Crippen MR) is 150 cm³/mol. The third-order valence-corrected chi connectivity index (χ3v) is 7.63. The minimum atomic E-state index is -2.13. The number of fused-ring (bicyclic) bond motifs is 1. The summed E-state index contributed by atoms with van der Waals surface area (Å²) in [6.45, 7) is 3.69. The van der Waals surface area contributed by atoms with Gasteiger partial charge in [0.25, 0.3) is 0 Å². The molecule has 2 aromatic carbocycles. The molecule has 1 saturated heterocycles. The molecule has 3 atom stereocenters. The molecule has 0 spiro atoms. The van der Waals surface area contributed by atoms with Gasteiger partial charge in [0.15, 0.2) is 28.3 Å². The fraction of sp³-hybridized carbons (Fsp3) is 0.226. The van der Waals surface area contributed by atoms with Gasteiger partial charge in [-0.3, -0.25) is 4.79 Å². The van der Waals surface area contributed by atoms with E-state index in [0.29, 0.717) is 51.1 Å². The first-order chi connectivity index (χ1) is 19.7. The molecule has 0 bridgehead atoms. The Labute approximate surface area is 239 Å². The van der Waals surface area contributed by atoms with E-state index in [-0.39, 0.29) is 23.0 Å². The van der Waals surface area contributed by atoms with Gasteiger partial charge in [0.2, 0.25) is 5.78 Å². The maximum absolute atomic E-state index is 13.9. The third kappa shape index (κ3) is 5.36. The largest absolute Gasteiger partial charge is 0.493 e. The summed E-state index contributed by atoms with van der Waals surface area (Å²) < 4.78 is 49.1. The Kier molecular flexibility index (Phi) is 7.96. The molecule has 3 aromatic rings. The van der Waals surface area contributed by atoms with E-state index in [1.807, 2.05) is 0 Å². The van der Waals surface area contributed by atoms with Crippen LogP contribution in [0.15, 0.2) is 92.7 Å². The van der Waals surface area contributed by atoms with Crippen LogP contribution in [0.25, 0.3) is 17.4 Å². The minimum absolute atomic E-state index is 0.0655. The highest BCUT2D eigenvalue weighted by Gasteiger charge is 2.48. The molecule has 2 heterocycles. The Bertz CT molecular complexity index is 1640. The Balaban J connectivity index is 1.53. The predicted octanol–water partition coefficient (Wildman–Crippen LogP) is 5.66. The summed E-state index contributed by atoms with van der Waals surface area (Å²) in [5, 5.41) is 0. The smallest absolute Gasteiger partial charge is 0.334 e. The quantitative estimate of drug-likeness (QED) is 0.206. The number of rotatable bonds is 8. The molecule has 1 aliphatic carbocycles. The zero-order chi connectivity index (χ0) is 29.3. The lowest BCUT2D eigenvalue weighted by molar-refractivity contribution is -0.139. The highest BCUT2D eigenvalue weighted by Crippen LogP contribution is 2.49. The summed E-state index contributed by atoms with van der Waals surface area (Å²) in [6.07, 6.45) is 3.20. The number of esters is 1. The van der Waals surface area contributed by atoms with Crippen LogP contribution in [0, 0.1) is 5.92 Å². The molecule has 0 radical (unpaired) electrons. The molecule has 1 fully saturated rings. The molecule has 1 N–H and O–H groups in total. The summed E-state index contributed by atoms with van der Waals surface area (Å²) >= 11 is -2.13. The Morgan fingerprint density at radius 1 is 1.05 bits per heavy atom. The van der Waals surface area contributed by atoms with Crippen molar-refractivity contribution in [1.29, 1.82) is 0 Å². The van der Waals surface area contributed by atoms with Gasteiger partial charge in [-0.1, -0.05) is 18.2 Å². The lowest BCUT2D eigenvalue weighted by atomic mass is 9.73. The molecule has 212 valence electrons. The zero-order valence-electron chi connectivity index (χ0n) is 22.8. The van der Waals surface area contributed by atoms with Crippen molar-refractivity contribution >= 4 is 28.9 Å². The first-order valence-corrected chi connectivity index (χ1v) is 13.9. The molecule has 3 unspecified atom stereocenters. The summed E-state index contributed by atoms with van der Waals surface area (Å²) in [5.74, 6) is -0.0658. The van der Waals surface area contributed by atoms with Crippen LogP contribution >= 0.6 is 0 Å². The van der Waals surface area contributed by atoms with Crippen LogP contribution in [0.3, 0.4) is 0 Å². The summed E-state index contributed by atoms with van der Waals surface area (Å²) in [5.41, 5.74) is 2.27. The fourth-order valence-corrected chi connectivity index (χ4v) is 5.56. The van der Waals surface area contributed by atoms with E-state index in [2.05, 4.69) is 0 Å². The number of carbonyl (C=O) groups excluding carboxylic acids is 2. The van der Waals surface area contributed by atoms with Crippen LogP contribution in [0.1, 0.15) is 31.1 Å². The Hall–Kier alpha value is -4.41. The van der Waals surface area contributed by atoms with E-state index >= 15 is 0 Å². The maximum Gasteiger partial charge on any atom is 0.334 e. The molecule has 5 rings (SSSR count). The van der Waals surface area contributed by atoms with Gasteiger partial charge in [-0.05, 0) is 67.5 Å². The summed E-state index contributed by atoms with van der Waals surface area (Å²) in [7, 11) is 3.05. The third-order valence-electron chi connectivity index (χ3n) is 6.97. The minimum Gasteiger partial charge on any atom is -0.493 e. The normalized spacial score (nSPS) is 19.9.